The van der Waals surface area contributed by atoms with Gasteiger partial charge in [0.2, 0.25) is 11.8 Å². The maximum absolute atomic E-state index is 13.6. The maximum atomic E-state index is 13.6. The number of hydrogen-bond acceptors (Lipinski definition) is 5. The van der Waals surface area contributed by atoms with E-state index in [1.807, 2.05) is 81.4 Å². The van der Waals surface area contributed by atoms with E-state index >= 15 is 0 Å². The third-order valence-corrected chi connectivity index (χ3v) is 8.51. The third-order valence-electron chi connectivity index (χ3n) is 8.51. The lowest BCUT2D eigenvalue weighted by Gasteiger charge is -2.28. The van der Waals surface area contributed by atoms with Gasteiger partial charge in [-0.2, -0.15) is 5.10 Å². The summed E-state index contributed by atoms with van der Waals surface area (Å²) in [5, 5.41) is 16.9. The molecule has 1 aliphatic carbocycles. The summed E-state index contributed by atoms with van der Waals surface area (Å²) in [5.74, 6) is -0.105. The van der Waals surface area contributed by atoms with Crippen LogP contribution in [-0.4, -0.2) is 46.5 Å². The van der Waals surface area contributed by atoms with E-state index in [-0.39, 0.29) is 29.7 Å². The molecule has 9 heteroatoms. The Labute approximate surface area is 258 Å². The Morgan fingerprint density at radius 3 is 2.39 bits per heavy atom. The Morgan fingerprint density at radius 2 is 1.70 bits per heavy atom. The standard InChI is InChI=1S/C35H42N6O3/c1-21(2)38-34(43)27-13-15-30(22(3)16-27)25-8-4-23(5-9-25)17-32(40-33(42)26-10-6-24(19-36)7-11-26)35(44)39-29-14-12-28-20-37-41-31(28)18-29/h4-5,8-9,12-16,18,20-21,24,26,32H,6-7,10-11,17,19,36H2,1-3H3,(H,37,41)(H,38,43)(H,39,44)(H,40,42)/t24?,26?,32-/m1/s1. The smallest absolute Gasteiger partial charge is 0.251 e. The van der Waals surface area contributed by atoms with Crippen molar-refractivity contribution in [1.82, 2.24) is 20.8 Å². The molecule has 3 aromatic carbocycles. The van der Waals surface area contributed by atoms with Gasteiger partial charge in [0.1, 0.15) is 6.04 Å². The van der Waals surface area contributed by atoms with Gasteiger partial charge in [-0.3, -0.25) is 19.5 Å². The third kappa shape index (κ3) is 7.52. The molecule has 230 valence electrons. The normalized spacial score (nSPS) is 17.3. The fraction of sp³-hybridized carbons (Fsp3) is 0.371. The number of anilines is 1. The van der Waals surface area contributed by atoms with Crippen molar-refractivity contribution in [3.8, 4) is 11.1 Å². The number of H-pyrrole nitrogens is 1. The fourth-order valence-corrected chi connectivity index (χ4v) is 5.93. The van der Waals surface area contributed by atoms with Crippen LogP contribution in [0.4, 0.5) is 5.69 Å². The highest BCUT2D eigenvalue weighted by molar-refractivity contribution is 5.99. The van der Waals surface area contributed by atoms with E-state index in [4.69, 9.17) is 5.73 Å². The number of aromatic amines is 1. The van der Waals surface area contributed by atoms with Gasteiger partial charge < -0.3 is 21.7 Å². The van der Waals surface area contributed by atoms with Crippen molar-refractivity contribution in [2.45, 2.75) is 65.0 Å². The van der Waals surface area contributed by atoms with Gasteiger partial charge in [-0.05, 0) is 112 Å². The number of nitrogens with zero attached hydrogens (tertiary/aromatic N) is 1. The summed E-state index contributed by atoms with van der Waals surface area (Å²) in [7, 11) is 0. The highest BCUT2D eigenvalue weighted by Crippen LogP contribution is 2.29. The molecule has 0 spiro atoms. The van der Waals surface area contributed by atoms with Crippen LogP contribution in [0.3, 0.4) is 0 Å². The number of carbonyl (C=O) groups excluding carboxylic acids is 3. The van der Waals surface area contributed by atoms with Crippen LogP contribution in [0, 0.1) is 18.8 Å². The molecular weight excluding hydrogens is 552 g/mol. The molecule has 1 aromatic heterocycles. The summed E-state index contributed by atoms with van der Waals surface area (Å²) in [6.45, 7) is 6.52. The lowest BCUT2D eigenvalue weighted by molar-refractivity contribution is -0.130. The van der Waals surface area contributed by atoms with Crippen molar-refractivity contribution in [3.05, 3.63) is 83.6 Å². The number of aromatic nitrogens is 2. The van der Waals surface area contributed by atoms with E-state index in [1.165, 1.54) is 0 Å². The first-order valence-electron chi connectivity index (χ1n) is 15.5. The van der Waals surface area contributed by atoms with Gasteiger partial charge in [-0.15, -0.1) is 0 Å². The minimum atomic E-state index is -0.751. The first kappa shape index (κ1) is 30.9. The number of hydrogen-bond donors (Lipinski definition) is 5. The van der Waals surface area contributed by atoms with Gasteiger partial charge in [0.15, 0.2) is 0 Å². The van der Waals surface area contributed by atoms with Crippen molar-refractivity contribution in [2.24, 2.45) is 17.6 Å². The number of aryl methyl sites for hydroxylation is 1. The lowest BCUT2D eigenvalue weighted by atomic mass is 9.81. The second-order valence-electron chi connectivity index (χ2n) is 12.2. The Bertz CT molecular complexity index is 1620. The summed E-state index contributed by atoms with van der Waals surface area (Å²) in [6, 6.07) is 18.6. The maximum Gasteiger partial charge on any atom is 0.251 e. The predicted octanol–water partition coefficient (Wildman–Crippen LogP) is 5.11. The van der Waals surface area contributed by atoms with Gasteiger partial charge in [0.05, 0.1) is 11.7 Å². The SMILES string of the molecule is Cc1cc(C(=O)NC(C)C)ccc1-c1ccc(C[C@@H](NC(=O)C2CCC(CN)CC2)C(=O)Nc2ccc3cn[nH]c3c2)cc1. The number of benzene rings is 3. The molecule has 1 heterocycles. The van der Waals surface area contributed by atoms with Gasteiger partial charge >= 0.3 is 0 Å². The molecule has 0 saturated heterocycles. The van der Waals surface area contributed by atoms with E-state index in [2.05, 4.69) is 26.1 Å². The van der Waals surface area contributed by atoms with E-state index in [0.29, 0.717) is 30.1 Å². The Morgan fingerprint density at radius 1 is 0.955 bits per heavy atom. The Hall–Kier alpha value is -4.50. The molecule has 6 N–H and O–H groups in total. The number of nitrogens with one attached hydrogen (secondary N) is 4. The van der Waals surface area contributed by atoms with Crippen LogP contribution in [0.25, 0.3) is 22.0 Å². The Kier molecular flexibility index (Phi) is 9.75. The molecule has 0 radical (unpaired) electrons. The first-order chi connectivity index (χ1) is 21.2. The lowest BCUT2D eigenvalue weighted by Crippen LogP contribution is -2.48. The number of carbonyl (C=O) groups is 3. The molecule has 4 aromatic rings. The van der Waals surface area contributed by atoms with Crippen molar-refractivity contribution >= 4 is 34.3 Å². The topological polar surface area (TPSA) is 142 Å². The van der Waals surface area contributed by atoms with Crippen molar-refractivity contribution in [3.63, 3.8) is 0 Å². The summed E-state index contributed by atoms with van der Waals surface area (Å²) in [4.78, 5) is 39.4. The zero-order valence-electron chi connectivity index (χ0n) is 25.7. The number of rotatable bonds is 10. The second kappa shape index (κ2) is 13.9. The van der Waals surface area contributed by atoms with Crippen LogP contribution >= 0.6 is 0 Å². The highest BCUT2D eigenvalue weighted by Gasteiger charge is 2.29. The summed E-state index contributed by atoms with van der Waals surface area (Å²) in [6.07, 6.45) is 5.50. The monoisotopic (exact) mass is 594 g/mol. The van der Waals surface area contributed by atoms with Crippen molar-refractivity contribution in [1.29, 1.82) is 0 Å². The van der Waals surface area contributed by atoms with Crippen LogP contribution in [0.5, 0.6) is 0 Å². The second-order valence-corrected chi connectivity index (χ2v) is 12.2. The van der Waals surface area contributed by atoms with Gasteiger partial charge in [0.25, 0.3) is 5.91 Å². The molecular formula is C35H42N6O3. The predicted molar refractivity (Wildman–Crippen MR) is 174 cm³/mol. The molecule has 44 heavy (non-hydrogen) atoms. The minimum absolute atomic E-state index is 0.0666. The van der Waals surface area contributed by atoms with Crippen LogP contribution in [0.1, 0.15) is 61.0 Å². The molecule has 1 aliphatic rings. The van der Waals surface area contributed by atoms with Crippen molar-refractivity contribution in [2.75, 3.05) is 11.9 Å². The molecule has 1 atom stereocenters. The minimum Gasteiger partial charge on any atom is -0.350 e. The van der Waals surface area contributed by atoms with E-state index < -0.39 is 6.04 Å². The van der Waals surface area contributed by atoms with E-state index in [1.54, 1.807) is 6.20 Å². The van der Waals surface area contributed by atoms with Crippen LogP contribution in [0.15, 0.2) is 66.9 Å². The number of fused-ring (bicyclic) bond motifs is 1. The van der Waals surface area contributed by atoms with E-state index in [9.17, 15) is 14.4 Å². The first-order valence-corrected chi connectivity index (χ1v) is 15.5. The molecule has 5 rings (SSSR count). The van der Waals surface area contributed by atoms with Gasteiger partial charge in [-0.25, -0.2) is 0 Å². The van der Waals surface area contributed by atoms with Crippen LogP contribution in [0.2, 0.25) is 0 Å². The zero-order valence-corrected chi connectivity index (χ0v) is 25.7. The van der Waals surface area contributed by atoms with Crippen LogP contribution < -0.4 is 21.7 Å². The molecule has 1 fully saturated rings. The molecule has 0 aliphatic heterocycles. The molecule has 1 saturated carbocycles. The summed E-state index contributed by atoms with van der Waals surface area (Å²) in [5.41, 5.74) is 11.9. The fourth-order valence-electron chi connectivity index (χ4n) is 5.93. The largest absolute Gasteiger partial charge is 0.350 e. The number of nitrogens with two attached hydrogens (primary N) is 1. The molecule has 0 bridgehead atoms. The zero-order chi connectivity index (χ0) is 31.2. The van der Waals surface area contributed by atoms with Crippen molar-refractivity contribution < 1.29 is 14.4 Å². The van der Waals surface area contributed by atoms with Gasteiger partial charge in [0, 0.05) is 35.0 Å². The Balaban J connectivity index is 1.31. The quantitative estimate of drug-likeness (QED) is 0.174. The summed E-state index contributed by atoms with van der Waals surface area (Å²) >= 11 is 0. The average Bonchev–Trinajstić information content (AvgIpc) is 3.49. The molecule has 0 unspecified atom stereocenters. The molecule has 3 amide bonds. The summed E-state index contributed by atoms with van der Waals surface area (Å²) < 4.78 is 0. The van der Waals surface area contributed by atoms with Crippen LogP contribution in [-0.2, 0) is 16.0 Å². The molecule has 9 nitrogen and oxygen atoms in total. The average molecular weight is 595 g/mol. The number of amides is 3. The van der Waals surface area contributed by atoms with Gasteiger partial charge in [-0.1, -0.05) is 30.3 Å². The highest BCUT2D eigenvalue weighted by atomic mass is 16.2. The van der Waals surface area contributed by atoms with E-state index in [0.717, 1.165) is 58.8 Å².